The van der Waals surface area contributed by atoms with E-state index in [1.54, 1.807) is 12.4 Å². The molecule has 19 heavy (non-hydrogen) atoms. The molecule has 6 nitrogen and oxygen atoms in total. The number of amides is 1. The lowest BCUT2D eigenvalue weighted by Gasteiger charge is -2.14. The molecule has 1 aromatic heterocycles. The molecule has 1 heterocycles. The summed E-state index contributed by atoms with van der Waals surface area (Å²) in [5, 5.41) is 12.5. The van der Waals surface area contributed by atoms with E-state index in [0.717, 1.165) is 13.0 Å². The standard InChI is InChI=1S/C13H19N3O3/c1-16(8-4-11-2-6-14-7-3-11)9-5-12(17)15-10-13(18)19/h2-3,6-7H,4-5,8-10H2,1H3,(H,15,17)(H,18,19). The van der Waals surface area contributed by atoms with Crippen LogP contribution in [0.1, 0.15) is 12.0 Å². The predicted octanol–water partition coefficient (Wildman–Crippen LogP) is -2.60. The van der Waals surface area contributed by atoms with E-state index < -0.39 is 12.5 Å². The van der Waals surface area contributed by atoms with Crippen LogP contribution < -0.4 is 15.3 Å². The normalized spacial score (nSPS) is 11.8. The number of hydrogen-bond donors (Lipinski definition) is 2. The van der Waals surface area contributed by atoms with Gasteiger partial charge in [-0.2, -0.15) is 0 Å². The molecule has 1 atom stereocenters. The summed E-state index contributed by atoms with van der Waals surface area (Å²) in [5.74, 6) is -1.53. The van der Waals surface area contributed by atoms with Crippen LogP contribution in [0.4, 0.5) is 0 Å². The number of likely N-dealkylation sites (N-methyl/N-ethyl adjacent to an activating group) is 1. The molecule has 0 aliphatic rings. The Morgan fingerprint density at radius 1 is 1.32 bits per heavy atom. The van der Waals surface area contributed by atoms with Gasteiger partial charge >= 0.3 is 0 Å². The fourth-order valence-electron chi connectivity index (χ4n) is 1.62. The maximum absolute atomic E-state index is 11.3. The van der Waals surface area contributed by atoms with Crippen molar-refractivity contribution in [1.82, 2.24) is 10.3 Å². The predicted molar refractivity (Wildman–Crippen MR) is 67.2 cm³/mol. The van der Waals surface area contributed by atoms with Crippen molar-refractivity contribution in [3.05, 3.63) is 30.1 Å². The van der Waals surface area contributed by atoms with Gasteiger partial charge in [0.2, 0.25) is 5.91 Å². The number of nitrogens with one attached hydrogen (secondary N) is 2. The molecular formula is C13H19N3O3. The van der Waals surface area contributed by atoms with Gasteiger partial charge in [-0.05, 0) is 17.7 Å². The first-order chi connectivity index (χ1) is 9.08. The maximum atomic E-state index is 11.3. The SMILES string of the molecule is C[NH+](CCC(=O)NCC(=O)[O-])CCc1ccncc1. The van der Waals surface area contributed by atoms with Crippen molar-refractivity contribution < 1.29 is 19.6 Å². The quantitative estimate of drug-likeness (QED) is 0.539. The van der Waals surface area contributed by atoms with Crippen LogP contribution in [0, 0.1) is 0 Å². The van der Waals surface area contributed by atoms with Crippen LogP contribution in [-0.4, -0.2) is 43.5 Å². The minimum Gasteiger partial charge on any atom is -0.548 e. The fourth-order valence-corrected chi connectivity index (χ4v) is 1.62. The number of hydrogen-bond acceptors (Lipinski definition) is 4. The average Bonchev–Trinajstić information content (AvgIpc) is 2.41. The molecule has 1 amide bonds. The number of aliphatic carboxylic acids is 1. The van der Waals surface area contributed by atoms with Crippen molar-refractivity contribution in [2.45, 2.75) is 12.8 Å². The van der Waals surface area contributed by atoms with E-state index in [1.807, 2.05) is 19.2 Å². The Balaban J connectivity index is 2.15. The smallest absolute Gasteiger partial charge is 0.225 e. The van der Waals surface area contributed by atoms with Crippen molar-refractivity contribution in [2.75, 3.05) is 26.7 Å². The summed E-state index contributed by atoms with van der Waals surface area (Å²) in [7, 11) is 2.01. The summed E-state index contributed by atoms with van der Waals surface area (Å²) < 4.78 is 0. The van der Waals surface area contributed by atoms with Crippen LogP contribution in [0.25, 0.3) is 0 Å². The molecule has 0 radical (unpaired) electrons. The highest BCUT2D eigenvalue weighted by molar-refractivity contribution is 5.80. The second kappa shape index (κ2) is 8.20. The molecule has 0 aromatic carbocycles. The summed E-state index contributed by atoms with van der Waals surface area (Å²) in [4.78, 5) is 26.6. The van der Waals surface area contributed by atoms with Crippen molar-refractivity contribution in [2.24, 2.45) is 0 Å². The number of carbonyl (C=O) groups excluding carboxylic acids is 2. The van der Waals surface area contributed by atoms with Gasteiger partial charge in [-0.15, -0.1) is 0 Å². The van der Waals surface area contributed by atoms with Gasteiger partial charge in [0.15, 0.2) is 0 Å². The van der Waals surface area contributed by atoms with Crippen LogP contribution in [-0.2, 0) is 16.0 Å². The van der Waals surface area contributed by atoms with Gasteiger partial charge in [0.25, 0.3) is 0 Å². The van der Waals surface area contributed by atoms with Gasteiger partial charge in [-0.3, -0.25) is 9.78 Å². The molecule has 0 saturated carbocycles. The number of carboxylic acid groups (broad SMARTS) is 1. The number of carbonyl (C=O) groups is 2. The Bertz CT molecular complexity index is 409. The van der Waals surface area contributed by atoms with Crippen molar-refractivity contribution in [1.29, 1.82) is 0 Å². The van der Waals surface area contributed by atoms with Gasteiger partial charge in [0.1, 0.15) is 0 Å². The second-order valence-electron chi connectivity index (χ2n) is 4.46. The van der Waals surface area contributed by atoms with Crippen LogP contribution in [0.15, 0.2) is 24.5 Å². The number of carboxylic acids is 1. The highest BCUT2D eigenvalue weighted by Crippen LogP contribution is 1.94. The molecule has 0 aliphatic carbocycles. The number of quaternary nitrogens is 1. The first kappa shape index (κ1) is 15.1. The van der Waals surface area contributed by atoms with Crippen LogP contribution >= 0.6 is 0 Å². The molecule has 0 fully saturated rings. The van der Waals surface area contributed by atoms with E-state index in [-0.39, 0.29) is 5.91 Å². The van der Waals surface area contributed by atoms with Gasteiger partial charge in [0.05, 0.1) is 39.1 Å². The molecule has 0 bridgehead atoms. The van der Waals surface area contributed by atoms with E-state index in [1.165, 1.54) is 10.5 Å². The van der Waals surface area contributed by atoms with Gasteiger partial charge in [0, 0.05) is 18.8 Å². The minimum atomic E-state index is -1.27. The highest BCUT2D eigenvalue weighted by Gasteiger charge is 2.07. The monoisotopic (exact) mass is 265 g/mol. The summed E-state index contributed by atoms with van der Waals surface area (Å²) in [5.41, 5.74) is 1.22. The third-order valence-corrected chi connectivity index (χ3v) is 2.80. The zero-order chi connectivity index (χ0) is 14.1. The van der Waals surface area contributed by atoms with Crippen molar-refractivity contribution >= 4 is 11.9 Å². The molecule has 0 spiro atoms. The van der Waals surface area contributed by atoms with E-state index >= 15 is 0 Å². The Morgan fingerprint density at radius 3 is 2.63 bits per heavy atom. The largest absolute Gasteiger partial charge is 0.548 e. The van der Waals surface area contributed by atoms with E-state index in [0.29, 0.717) is 13.0 Å². The number of nitrogens with zero attached hydrogens (tertiary/aromatic N) is 1. The van der Waals surface area contributed by atoms with Gasteiger partial charge in [-0.25, -0.2) is 0 Å². The van der Waals surface area contributed by atoms with E-state index in [4.69, 9.17) is 0 Å². The lowest BCUT2D eigenvalue weighted by atomic mass is 10.2. The molecule has 0 aliphatic heterocycles. The molecule has 1 rings (SSSR count). The molecule has 0 saturated heterocycles. The molecular weight excluding hydrogens is 246 g/mol. The topological polar surface area (TPSA) is 86.6 Å². The Hall–Kier alpha value is -1.95. The number of pyridine rings is 1. The molecule has 1 unspecified atom stereocenters. The zero-order valence-electron chi connectivity index (χ0n) is 11.0. The molecule has 6 heteroatoms. The van der Waals surface area contributed by atoms with Gasteiger partial charge < -0.3 is 20.1 Å². The number of rotatable bonds is 8. The van der Waals surface area contributed by atoms with Crippen LogP contribution in [0.5, 0.6) is 0 Å². The lowest BCUT2D eigenvalue weighted by Crippen LogP contribution is -3.09. The first-order valence-corrected chi connectivity index (χ1v) is 6.24. The third kappa shape index (κ3) is 7.15. The van der Waals surface area contributed by atoms with Crippen LogP contribution in [0.2, 0.25) is 0 Å². The fraction of sp³-hybridized carbons (Fsp3) is 0.462. The highest BCUT2D eigenvalue weighted by atomic mass is 16.4. The first-order valence-electron chi connectivity index (χ1n) is 6.24. The Labute approximate surface area is 112 Å². The summed E-state index contributed by atoms with van der Waals surface area (Å²) in [6.45, 7) is 1.16. The van der Waals surface area contributed by atoms with Crippen molar-refractivity contribution in [3.8, 4) is 0 Å². The maximum Gasteiger partial charge on any atom is 0.225 e. The van der Waals surface area contributed by atoms with E-state index in [9.17, 15) is 14.7 Å². The average molecular weight is 265 g/mol. The lowest BCUT2D eigenvalue weighted by molar-refractivity contribution is -0.878. The number of aromatic nitrogens is 1. The van der Waals surface area contributed by atoms with E-state index in [2.05, 4.69) is 10.3 Å². The summed E-state index contributed by atoms with van der Waals surface area (Å²) in [6.07, 6.45) is 4.76. The Morgan fingerprint density at radius 2 is 2.00 bits per heavy atom. The Kier molecular flexibility index (Phi) is 6.52. The molecule has 1 aromatic rings. The minimum absolute atomic E-state index is 0.257. The summed E-state index contributed by atoms with van der Waals surface area (Å²) >= 11 is 0. The van der Waals surface area contributed by atoms with Gasteiger partial charge in [-0.1, -0.05) is 0 Å². The molecule has 2 N–H and O–H groups in total. The summed E-state index contributed by atoms with van der Waals surface area (Å²) in [6, 6.07) is 3.94. The zero-order valence-corrected chi connectivity index (χ0v) is 11.0. The van der Waals surface area contributed by atoms with Crippen molar-refractivity contribution in [3.63, 3.8) is 0 Å². The van der Waals surface area contributed by atoms with Crippen LogP contribution in [0.3, 0.4) is 0 Å². The molecule has 104 valence electrons. The second-order valence-corrected chi connectivity index (χ2v) is 4.46. The third-order valence-electron chi connectivity index (χ3n) is 2.80.